The van der Waals surface area contributed by atoms with E-state index in [0.29, 0.717) is 11.5 Å². The molecule has 0 saturated heterocycles. The maximum Gasteiger partial charge on any atom is 0.271 e. The first-order chi connectivity index (χ1) is 10.3. The monoisotopic (exact) mass is 303 g/mol. The first kappa shape index (κ1) is 16.1. The fraction of sp³-hybridized carbons (Fsp3) is 0.500. The highest BCUT2D eigenvalue weighted by Gasteiger charge is 2.29. The Balaban J connectivity index is 2.02. The number of hydrazone groups is 1. The highest BCUT2D eigenvalue weighted by molar-refractivity contribution is 5.95. The van der Waals surface area contributed by atoms with Gasteiger partial charge < -0.3 is 0 Å². The van der Waals surface area contributed by atoms with Crippen LogP contribution < -0.4 is 5.43 Å². The minimum Gasteiger partial charge on any atom is -0.267 e. The number of benzene rings is 1. The maximum absolute atomic E-state index is 12.0. The zero-order chi connectivity index (χ0) is 16.3. The van der Waals surface area contributed by atoms with Crippen molar-refractivity contribution in [3.63, 3.8) is 0 Å². The summed E-state index contributed by atoms with van der Waals surface area (Å²) >= 11 is 0. The van der Waals surface area contributed by atoms with Crippen molar-refractivity contribution in [2.24, 2.45) is 16.4 Å². The lowest BCUT2D eigenvalue weighted by atomic mass is 9.72. The summed E-state index contributed by atoms with van der Waals surface area (Å²) in [6.45, 7) is 6.60. The second kappa shape index (κ2) is 6.25. The van der Waals surface area contributed by atoms with Gasteiger partial charge in [0.05, 0.1) is 4.92 Å². The van der Waals surface area contributed by atoms with Gasteiger partial charge in [-0.3, -0.25) is 14.9 Å². The van der Waals surface area contributed by atoms with Crippen LogP contribution in [0, 0.1) is 21.4 Å². The molecule has 22 heavy (non-hydrogen) atoms. The number of non-ortho nitro benzene ring substituents is 1. The lowest BCUT2D eigenvalue weighted by molar-refractivity contribution is -0.384. The molecule has 1 atom stereocenters. The fourth-order valence-corrected chi connectivity index (χ4v) is 3.13. The van der Waals surface area contributed by atoms with Gasteiger partial charge in [-0.05, 0) is 42.7 Å². The lowest BCUT2D eigenvalue weighted by Crippen LogP contribution is -2.30. The van der Waals surface area contributed by atoms with Crippen LogP contribution >= 0.6 is 0 Å². The molecule has 1 N–H and O–H groups in total. The summed E-state index contributed by atoms with van der Waals surface area (Å²) < 4.78 is 0. The number of carbonyl (C=O) groups excluding carboxylic acids is 1. The molecule has 0 aromatic heterocycles. The molecule has 1 aliphatic carbocycles. The molecule has 0 spiro atoms. The number of nitro benzene ring substituents is 1. The molecule has 0 unspecified atom stereocenters. The van der Waals surface area contributed by atoms with Crippen LogP contribution in [0.15, 0.2) is 29.4 Å². The highest BCUT2D eigenvalue weighted by Crippen LogP contribution is 2.36. The summed E-state index contributed by atoms with van der Waals surface area (Å²) in [5, 5.41) is 14.8. The molecule has 1 aromatic carbocycles. The Hall–Kier alpha value is -2.24. The molecule has 6 nitrogen and oxygen atoms in total. The fourth-order valence-electron chi connectivity index (χ4n) is 3.13. The van der Waals surface area contributed by atoms with Crippen molar-refractivity contribution in [3.05, 3.63) is 39.9 Å². The Labute approximate surface area is 129 Å². The van der Waals surface area contributed by atoms with Crippen LogP contribution in [-0.2, 0) is 0 Å². The third-order valence-corrected chi connectivity index (χ3v) is 3.82. The van der Waals surface area contributed by atoms with Crippen LogP contribution in [0.5, 0.6) is 0 Å². The van der Waals surface area contributed by atoms with Gasteiger partial charge in [0, 0.05) is 23.4 Å². The molecule has 1 amide bonds. The third-order valence-electron chi connectivity index (χ3n) is 3.82. The summed E-state index contributed by atoms with van der Waals surface area (Å²) in [4.78, 5) is 22.1. The second-order valence-corrected chi connectivity index (χ2v) is 6.78. The molecule has 2 rings (SSSR count). The van der Waals surface area contributed by atoms with Crippen LogP contribution in [0.25, 0.3) is 0 Å². The van der Waals surface area contributed by atoms with E-state index in [1.54, 1.807) is 0 Å². The molecular weight excluding hydrogens is 282 g/mol. The van der Waals surface area contributed by atoms with Crippen molar-refractivity contribution in [3.8, 4) is 0 Å². The molecular formula is C16H21N3O3. The van der Waals surface area contributed by atoms with Gasteiger partial charge in [-0.15, -0.1) is 0 Å². The number of nitrogens with zero attached hydrogens (tertiary/aromatic N) is 2. The molecule has 1 aromatic rings. The minimum absolute atomic E-state index is 0.0364. The molecule has 1 aliphatic rings. The number of hydrogen-bond acceptors (Lipinski definition) is 4. The largest absolute Gasteiger partial charge is 0.271 e. The van der Waals surface area contributed by atoms with E-state index in [0.717, 1.165) is 25.0 Å². The van der Waals surface area contributed by atoms with E-state index in [1.807, 2.05) is 0 Å². The van der Waals surface area contributed by atoms with Crippen LogP contribution in [0.1, 0.15) is 50.4 Å². The average molecular weight is 303 g/mol. The summed E-state index contributed by atoms with van der Waals surface area (Å²) in [7, 11) is 0. The molecule has 0 heterocycles. The van der Waals surface area contributed by atoms with Crippen molar-refractivity contribution in [2.45, 2.75) is 40.0 Å². The van der Waals surface area contributed by atoms with Crippen molar-refractivity contribution in [1.29, 1.82) is 0 Å². The standard InChI is InChI=1S/C16H21N3O3/c1-11-8-13(10-16(2,3)9-11)17-18-15(20)12-4-6-14(7-5-12)19(21)22/h4-7,11H,8-10H2,1-3H3,(H,18,20)/b17-13-/t11-/m1/s1. The van der Waals surface area contributed by atoms with Crippen molar-refractivity contribution >= 4 is 17.3 Å². The number of hydrogen-bond donors (Lipinski definition) is 1. The summed E-state index contributed by atoms with van der Waals surface area (Å²) in [5.41, 5.74) is 4.08. The van der Waals surface area contributed by atoms with E-state index in [1.165, 1.54) is 24.3 Å². The first-order valence-electron chi connectivity index (χ1n) is 7.37. The number of carbonyl (C=O) groups is 1. The highest BCUT2D eigenvalue weighted by atomic mass is 16.6. The van der Waals surface area contributed by atoms with Crippen LogP contribution in [0.3, 0.4) is 0 Å². The van der Waals surface area contributed by atoms with E-state index < -0.39 is 4.92 Å². The van der Waals surface area contributed by atoms with E-state index in [2.05, 4.69) is 31.3 Å². The second-order valence-electron chi connectivity index (χ2n) is 6.78. The van der Waals surface area contributed by atoms with Gasteiger partial charge in [0.1, 0.15) is 0 Å². The number of nitro groups is 1. The quantitative estimate of drug-likeness (QED) is 0.684. The molecule has 0 radical (unpaired) electrons. The van der Waals surface area contributed by atoms with Gasteiger partial charge in [-0.25, -0.2) is 5.43 Å². The van der Waals surface area contributed by atoms with Gasteiger partial charge in [0.25, 0.3) is 11.6 Å². The zero-order valence-corrected chi connectivity index (χ0v) is 13.1. The van der Waals surface area contributed by atoms with Crippen molar-refractivity contribution in [2.75, 3.05) is 0 Å². The van der Waals surface area contributed by atoms with Gasteiger partial charge in [0.15, 0.2) is 0 Å². The topological polar surface area (TPSA) is 84.6 Å². The molecule has 0 aliphatic heterocycles. The SMILES string of the molecule is C[C@@H]1C/C(=N/NC(=O)c2ccc([N+](=O)[O-])cc2)CC(C)(C)C1. The average Bonchev–Trinajstić information content (AvgIpc) is 2.42. The van der Waals surface area contributed by atoms with E-state index in [4.69, 9.17) is 0 Å². The molecule has 1 saturated carbocycles. The third kappa shape index (κ3) is 4.13. The van der Waals surface area contributed by atoms with Crippen molar-refractivity contribution < 1.29 is 9.72 Å². The number of rotatable bonds is 3. The van der Waals surface area contributed by atoms with Gasteiger partial charge in [-0.1, -0.05) is 20.8 Å². The Morgan fingerprint density at radius 1 is 1.36 bits per heavy atom. The van der Waals surface area contributed by atoms with E-state index >= 15 is 0 Å². The Morgan fingerprint density at radius 3 is 2.55 bits per heavy atom. The summed E-state index contributed by atoms with van der Waals surface area (Å²) in [5.74, 6) is 0.206. The maximum atomic E-state index is 12.0. The predicted octanol–water partition coefficient (Wildman–Crippen LogP) is 3.53. The smallest absolute Gasteiger partial charge is 0.267 e. The van der Waals surface area contributed by atoms with Crippen molar-refractivity contribution in [1.82, 2.24) is 5.43 Å². The molecule has 1 fully saturated rings. The van der Waals surface area contributed by atoms with Gasteiger partial charge >= 0.3 is 0 Å². The summed E-state index contributed by atoms with van der Waals surface area (Å²) in [6, 6.07) is 5.49. The van der Waals surface area contributed by atoms with Gasteiger partial charge in [-0.2, -0.15) is 5.10 Å². The molecule has 0 bridgehead atoms. The predicted molar refractivity (Wildman–Crippen MR) is 84.8 cm³/mol. The van der Waals surface area contributed by atoms with Crippen LogP contribution in [0.4, 0.5) is 5.69 Å². The molecule has 118 valence electrons. The zero-order valence-electron chi connectivity index (χ0n) is 13.1. The Bertz CT molecular complexity index is 606. The van der Waals surface area contributed by atoms with E-state index in [9.17, 15) is 14.9 Å². The number of amides is 1. The van der Waals surface area contributed by atoms with Gasteiger partial charge in [0.2, 0.25) is 0 Å². The minimum atomic E-state index is -0.493. The lowest BCUT2D eigenvalue weighted by Gasteiger charge is -2.34. The Morgan fingerprint density at radius 2 is 2.00 bits per heavy atom. The summed E-state index contributed by atoms with van der Waals surface area (Å²) in [6.07, 6.45) is 2.92. The molecule has 6 heteroatoms. The first-order valence-corrected chi connectivity index (χ1v) is 7.37. The van der Waals surface area contributed by atoms with E-state index in [-0.39, 0.29) is 17.0 Å². The normalized spacial score (nSPS) is 22.3. The van der Waals surface area contributed by atoms with Crippen LogP contribution in [0.2, 0.25) is 0 Å². The Kier molecular flexibility index (Phi) is 4.59. The van der Waals surface area contributed by atoms with Crippen LogP contribution in [-0.4, -0.2) is 16.5 Å². The number of nitrogens with one attached hydrogen (secondary N) is 1.